The Morgan fingerprint density at radius 1 is 1.36 bits per heavy atom. The molecule has 1 aromatic carbocycles. The van der Waals surface area contributed by atoms with Crippen molar-refractivity contribution in [2.24, 2.45) is 5.92 Å². The summed E-state index contributed by atoms with van der Waals surface area (Å²) < 4.78 is 6.92. The Morgan fingerprint density at radius 3 is 2.92 bits per heavy atom. The van der Waals surface area contributed by atoms with Crippen LogP contribution in [0.25, 0.3) is 0 Å². The van der Waals surface area contributed by atoms with E-state index in [9.17, 15) is 15.0 Å². The van der Waals surface area contributed by atoms with Gasteiger partial charge in [0.1, 0.15) is 5.60 Å². The first kappa shape index (κ1) is 13.6. The molecule has 4 aliphatic carbocycles. The van der Waals surface area contributed by atoms with Crippen LogP contribution < -0.4 is 4.74 Å². The van der Waals surface area contributed by atoms with E-state index in [4.69, 9.17) is 4.74 Å². The number of carbonyl (C=O) groups is 1. The van der Waals surface area contributed by atoms with E-state index in [-0.39, 0.29) is 23.1 Å². The van der Waals surface area contributed by atoms with Crippen LogP contribution in [0, 0.1) is 5.92 Å². The van der Waals surface area contributed by atoms with Gasteiger partial charge >= 0.3 is 0 Å². The van der Waals surface area contributed by atoms with Crippen LogP contribution >= 0.6 is 0 Å². The fourth-order valence-electron chi connectivity index (χ4n) is 7.87. The van der Waals surface area contributed by atoms with Gasteiger partial charge in [0.2, 0.25) is 0 Å². The monoisotopic (exact) mass is 340 g/mol. The second kappa shape index (κ2) is 3.35. The molecule has 2 bridgehead atoms. The molecule has 2 aliphatic heterocycles. The van der Waals surface area contributed by atoms with Gasteiger partial charge in [-0.3, -0.25) is 4.79 Å². The Hall–Kier alpha value is -1.59. The van der Waals surface area contributed by atoms with Gasteiger partial charge in [-0.2, -0.15) is 0 Å². The number of benzene rings is 1. The smallest absolute Gasteiger partial charge is 0.182 e. The molecule has 5 nitrogen and oxygen atoms in total. The number of ketones is 1. The van der Waals surface area contributed by atoms with Crippen molar-refractivity contribution in [1.29, 1.82) is 0 Å². The number of phenols is 1. The van der Waals surface area contributed by atoms with Gasteiger partial charge in [-0.05, 0) is 31.4 Å². The minimum absolute atomic E-state index is 0.0816. The third kappa shape index (κ3) is 1.03. The lowest BCUT2D eigenvalue weighted by Crippen LogP contribution is -2.65. The van der Waals surface area contributed by atoms with E-state index in [0.717, 1.165) is 28.9 Å². The number of likely N-dealkylation sites (tertiary alicyclic amines) is 1. The number of fused-ring (bicyclic) bond motifs is 1. The number of likely N-dealkylation sites (N-methyl/N-ethyl adjacent to an activating group) is 1. The summed E-state index contributed by atoms with van der Waals surface area (Å²) in [5.74, 6) is 1.44. The van der Waals surface area contributed by atoms with E-state index in [2.05, 4.69) is 7.05 Å². The average Bonchev–Trinajstić information content (AvgIpc) is 3.33. The summed E-state index contributed by atoms with van der Waals surface area (Å²) in [5, 5.41) is 22.4. The molecule has 6 aliphatic rings. The molecule has 0 amide bonds. The molecule has 6 atom stereocenters. The molecular weight excluding hydrogens is 318 g/mol. The Balaban J connectivity index is 1.55. The van der Waals surface area contributed by atoms with E-state index >= 15 is 0 Å². The number of quaternary nitrogens is 1. The molecule has 2 heterocycles. The zero-order valence-electron chi connectivity index (χ0n) is 14.3. The van der Waals surface area contributed by atoms with Crippen molar-refractivity contribution in [3.63, 3.8) is 0 Å². The number of hydrogen-bond donors (Lipinski definition) is 2. The quantitative estimate of drug-likeness (QED) is 0.630. The van der Waals surface area contributed by atoms with Crippen molar-refractivity contribution in [3.8, 4) is 11.5 Å². The van der Waals surface area contributed by atoms with Crippen molar-refractivity contribution < 1.29 is 24.2 Å². The Morgan fingerprint density at radius 2 is 2.16 bits per heavy atom. The molecule has 4 fully saturated rings. The van der Waals surface area contributed by atoms with Crippen LogP contribution in [0.5, 0.6) is 11.5 Å². The topological polar surface area (TPSA) is 66.8 Å². The first-order valence-electron chi connectivity index (χ1n) is 9.54. The molecule has 2 spiro atoms. The lowest BCUT2D eigenvalue weighted by atomic mass is 9.59. The molecule has 5 heteroatoms. The zero-order valence-corrected chi connectivity index (χ0v) is 14.3. The Kier molecular flexibility index (Phi) is 1.82. The van der Waals surface area contributed by atoms with Crippen LogP contribution in [0.3, 0.4) is 0 Å². The number of Topliss-reactive ketones (excluding diaryl/α,β-unsaturated/α-hetero) is 1. The number of piperidine rings is 1. The lowest BCUT2D eigenvalue weighted by Gasteiger charge is -2.46. The molecule has 1 aromatic rings. The second-order valence-corrected chi connectivity index (χ2v) is 9.59. The standard InChI is InChI=1S/C20H21NO4/c1-21(8-10-2-3-10)17-19(21)9-18-14-11(19)4-5-12(22)15(14)25-16(18)13(23)6-7-20(17,18)24/h4-5,10,16-17,24H,2-3,6-9H2,1H3/p+1/t16?,17-,18+,19?,20-,21?/m1/s1. The van der Waals surface area contributed by atoms with Gasteiger partial charge in [-0.15, -0.1) is 0 Å². The second-order valence-electron chi connectivity index (χ2n) is 9.59. The van der Waals surface area contributed by atoms with Crippen molar-refractivity contribution in [3.05, 3.63) is 23.3 Å². The van der Waals surface area contributed by atoms with Crippen molar-refractivity contribution in [1.82, 2.24) is 0 Å². The maximum absolute atomic E-state index is 12.7. The van der Waals surface area contributed by atoms with Crippen LogP contribution in [0.15, 0.2) is 12.1 Å². The zero-order chi connectivity index (χ0) is 17.0. The van der Waals surface area contributed by atoms with E-state index in [0.29, 0.717) is 18.6 Å². The third-order valence-electron chi connectivity index (χ3n) is 8.75. The number of carbonyl (C=O) groups excluding carboxylic acids is 1. The van der Waals surface area contributed by atoms with E-state index in [1.165, 1.54) is 18.4 Å². The highest BCUT2D eigenvalue weighted by Crippen LogP contribution is 2.84. The van der Waals surface area contributed by atoms with Crippen molar-refractivity contribution in [2.45, 2.75) is 60.8 Å². The molecule has 3 saturated carbocycles. The van der Waals surface area contributed by atoms with Gasteiger partial charge < -0.3 is 19.4 Å². The summed E-state index contributed by atoms with van der Waals surface area (Å²) in [6, 6.07) is 3.93. The number of phenolic OH excluding ortho intramolecular Hbond substituents is 1. The van der Waals surface area contributed by atoms with Gasteiger partial charge in [0.05, 0.1) is 19.0 Å². The maximum Gasteiger partial charge on any atom is 0.182 e. The molecule has 0 radical (unpaired) electrons. The molecule has 7 rings (SSSR count). The largest absolute Gasteiger partial charge is 0.504 e. The van der Waals surface area contributed by atoms with Gasteiger partial charge in [-0.25, -0.2) is 0 Å². The van der Waals surface area contributed by atoms with Crippen LogP contribution in [-0.4, -0.2) is 51.8 Å². The molecule has 3 unspecified atom stereocenters. The van der Waals surface area contributed by atoms with Crippen molar-refractivity contribution in [2.75, 3.05) is 13.6 Å². The Labute approximate surface area is 145 Å². The molecule has 25 heavy (non-hydrogen) atoms. The van der Waals surface area contributed by atoms with Crippen LogP contribution in [0.2, 0.25) is 0 Å². The summed E-state index contributed by atoms with van der Waals surface area (Å²) in [7, 11) is 2.31. The van der Waals surface area contributed by atoms with Gasteiger partial charge in [0.25, 0.3) is 0 Å². The summed E-state index contributed by atoms with van der Waals surface area (Å²) >= 11 is 0. The highest BCUT2D eigenvalue weighted by atomic mass is 16.5. The number of ether oxygens (including phenoxy) is 1. The number of nitrogens with zero attached hydrogens (tertiary/aromatic N) is 1. The normalized spacial score (nSPS) is 52.8. The van der Waals surface area contributed by atoms with E-state index < -0.39 is 17.1 Å². The van der Waals surface area contributed by atoms with Crippen LogP contribution in [0.1, 0.15) is 43.2 Å². The van der Waals surface area contributed by atoms with E-state index in [1.807, 2.05) is 6.07 Å². The number of hydrogen-bond acceptors (Lipinski definition) is 4. The summed E-state index contributed by atoms with van der Waals surface area (Å²) in [4.78, 5) is 12.7. The highest BCUT2D eigenvalue weighted by Gasteiger charge is 2.99. The van der Waals surface area contributed by atoms with Crippen LogP contribution in [0.4, 0.5) is 0 Å². The summed E-state index contributed by atoms with van der Waals surface area (Å²) in [6.45, 7) is 1.12. The maximum atomic E-state index is 12.7. The van der Waals surface area contributed by atoms with Gasteiger partial charge in [0, 0.05) is 29.9 Å². The SMILES string of the molecule is C[N+]1(CC2CC2)[C@@H]2C13C[C@]14c5c3ccc(O)c5OC1C(=O)CC[C@@]24O. The number of aromatic hydroxyl groups is 1. The molecule has 0 aromatic heterocycles. The predicted molar refractivity (Wildman–Crippen MR) is 87.3 cm³/mol. The molecule has 1 saturated heterocycles. The van der Waals surface area contributed by atoms with Crippen molar-refractivity contribution >= 4 is 5.78 Å². The average molecular weight is 340 g/mol. The summed E-state index contributed by atoms with van der Waals surface area (Å²) in [5.41, 5.74) is 0.595. The Bertz CT molecular complexity index is 909. The fourth-order valence-corrected chi connectivity index (χ4v) is 7.87. The molecular formula is C20H22NO4+. The lowest BCUT2D eigenvalue weighted by molar-refractivity contribution is -0.836. The molecule has 130 valence electrons. The van der Waals surface area contributed by atoms with E-state index in [1.54, 1.807) is 6.07 Å². The summed E-state index contributed by atoms with van der Waals surface area (Å²) in [6.07, 6.45) is 3.70. The van der Waals surface area contributed by atoms with Gasteiger partial charge in [-0.1, -0.05) is 0 Å². The highest BCUT2D eigenvalue weighted by molar-refractivity contribution is 5.91. The first-order valence-corrected chi connectivity index (χ1v) is 9.54. The van der Waals surface area contributed by atoms with Crippen LogP contribution in [-0.2, 0) is 15.7 Å². The number of rotatable bonds is 2. The minimum Gasteiger partial charge on any atom is -0.504 e. The first-order chi connectivity index (χ1) is 11.9. The van der Waals surface area contributed by atoms with Gasteiger partial charge in [0.15, 0.2) is 35.0 Å². The third-order valence-corrected chi connectivity index (χ3v) is 8.75. The number of aliphatic hydroxyl groups is 1. The fraction of sp³-hybridized carbons (Fsp3) is 0.650. The predicted octanol–water partition coefficient (Wildman–Crippen LogP) is 1.34. The molecule has 2 N–H and O–H groups in total. The minimum atomic E-state index is -0.888.